The van der Waals surface area contributed by atoms with E-state index in [4.69, 9.17) is 0 Å². The molecule has 0 bridgehead atoms. The maximum absolute atomic E-state index is 13.1. The van der Waals surface area contributed by atoms with Gasteiger partial charge < -0.3 is 14.9 Å². The van der Waals surface area contributed by atoms with Crippen molar-refractivity contribution < 1.29 is 146 Å². The summed E-state index contributed by atoms with van der Waals surface area (Å²) < 4.78 is 99.8. The van der Waals surface area contributed by atoms with Crippen molar-refractivity contribution in [2.75, 3.05) is 10.6 Å². The van der Waals surface area contributed by atoms with Crippen LogP contribution in [-0.2, 0) is 35.1 Å². The van der Waals surface area contributed by atoms with Gasteiger partial charge in [-0.1, -0.05) is 6.07 Å². The number of non-ortho nitro benzene ring substituents is 1. The molecule has 0 heterocycles. The van der Waals surface area contributed by atoms with Gasteiger partial charge in [-0.25, -0.2) is 0 Å². The zero-order chi connectivity index (χ0) is 28.8. The predicted molar refractivity (Wildman–Crippen MR) is 132 cm³/mol. The Bertz CT molecular complexity index is 1900. The summed E-state index contributed by atoms with van der Waals surface area (Å²) in [6, 6.07) is 5.04. The van der Waals surface area contributed by atoms with Crippen LogP contribution in [0.2, 0.25) is 0 Å². The molecule has 5 N–H and O–H groups in total. The fourth-order valence-electron chi connectivity index (χ4n) is 3.37. The van der Waals surface area contributed by atoms with E-state index in [0.29, 0.717) is 24.3 Å². The summed E-state index contributed by atoms with van der Waals surface area (Å²) in [5, 5.41) is 14.6. The maximum Gasteiger partial charge on any atom is 1.00 e. The molecule has 0 aliphatic rings. The molecule has 0 aliphatic heterocycles. The van der Waals surface area contributed by atoms with Crippen molar-refractivity contribution in [2.24, 2.45) is 0 Å². The van der Waals surface area contributed by atoms with E-state index >= 15 is 0 Å². The fourth-order valence-corrected chi connectivity index (χ4v) is 5.42. The van der Waals surface area contributed by atoms with Crippen LogP contribution in [0.5, 0.6) is 0 Å². The Morgan fingerprint density at radius 3 is 1.80 bits per heavy atom. The second-order valence-corrected chi connectivity index (χ2v) is 11.7. The third-order valence-corrected chi connectivity index (χ3v) is 7.51. The first-order valence-electron chi connectivity index (χ1n) is 9.71. The maximum atomic E-state index is 13.1. The summed E-state index contributed by atoms with van der Waals surface area (Å²) in [7, 11) is -15.4. The molecule has 0 aromatic heterocycles. The minimum atomic E-state index is -5.21. The van der Waals surface area contributed by atoms with Gasteiger partial charge in [0.2, 0.25) is 5.91 Å². The quantitative estimate of drug-likeness (QED) is 0.0683. The second kappa shape index (κ2) is 14.6. The number of anilines is 2. The first kappa shape index (κ1) is 40.0. The first-order chi connectivity index (χ1) is 17.3. The molecular weight excluding hydrogens is 643 g/mol. The minimum Gasteiger partial charge on any atom is -1.00 e. The van der Waals surface area contributed by atoms with E-state index in [-0.39, 0.29) is 98.6 Å². The smallest absolute Gasteiger partial charge is 1.00 e. The van der Waals surface area contributed by atoms with E-state index in [9.17, 15) is 58.6 Å². The summed E-state index contributed by atoms with van der Waals surface area (Å²) in [5.41, 5.74) is -2.43. The Kier molecular flexibility index (Phi) is 14.3. The van der Waals surface area contributed by atoms with Crippen molar-refractivity contribution >= 4 is 70.0 Å². The van der Waals surface area contributed by atoms with Crippen molar-refractivity contribution in [2.45, 2.75) is 21.6 Å². The van der Waals surface area contributed by atoms with Crippen molar-refractivity contribution in [3.63, 3.8) is 0 Å². The van der Waals surface area contributed by atoms with E-state index in [1.807, 2.05) is 0 Å². The largest absolute Gasteiger partial charge is 1.00 e. The van der Waals surface area contributed by atoms with Crippen LogP contribution >= 0.6 is 0 Å². The van der Waals surface area contributed by atoms with Crippen molar-refractivity contribution in [3.05, 3.63) is 58.1 Å². The van der Waals surface area contributed by atoms with Gasteiger partial charge in [-0.3, -0.25) is 33.4 Å². The van der Waals surface area contributed by atoms with Crippen LogP contribution in [0.25, 0.3) is 10.8 Å². The summed E-state index contributed by atoms with van der Waals surface area (Å²) in [5.74, 6) is -2.09. The molecule has 16 nitrogen and oxygen atoms in total. The Morgan fingerprint density at radius 2 is 1.34 bits per heavy atom. The third kappa shape index (κ3) is 9.49. The summed E-state index contributed by atoms with van der Waals surface area (Å²) in [6.45, 7) is 1.04. The molecule has 3 rings (SSSR count). The molecular formula is C19H18N3Na3O13S3. The number of carbonyl (C=O) groups excluding carboxylic acids is 2. The van der Waals surface area contributed by atoms with Crippen molar-refractivity contribution in [3.8, 4) is 0 Å². The SMILES string of the molecule is CC(=O)Nc1ccc2c(S(=O)(=O)O)cc(S(=O)(=O)O)cc2c1NC(=O)c1ccc([N+](=O)[O-])cc1S(=O)(=O)O.[H-].[H-].[H-].[Na+].[Na+].[Na+]. The molecule has 0 spiro atoms. The molecule has 0 atom stereocenters. The molecule has 0 unspecified atom stereocenters. The number of nitrogens with zero attached hydrogens (tertiary/aromatic N) is 1. The third-order valence-electron chi connectivity index (χ3n) is 4.89. The number of nitrogens with one attached hydrogen (secondary N) is 2. The van der Waals surface area contributed by atoms with Gasteiger partial charge in [0, 0.05) is 29.8 Å². The van der Waals surface area contributed by atoms with Crippen LogP contribution in [0, 0.1) is 10.1 Å². The molecule has 3 aromatic carbocycles. The second-order valence-electron chi connectivity index (χ2n) is 7.50. The van der Waals surface area contributed by atoms with Crippen molar-refractivity contribution in [1.29, 1.82) is 0 Å². The topological polar surface area (TPSA) is 264 Å². The number of carbonyl (C=O) groups is 2. The Morgan fingerprint density at radius 1 is 0.780 bits per heavy atom. The van der Waals surface area contributed by atoms with Gasteiger partial charge in [0.1, 0.15) is 9.79 Å². The number of hydrogen-bond acceptors (Lipinski definition) is 10. The number of rotatable bonds is 7. The van der Waals surface area contributed by atoms with Gasteiger partial charge in [-0.15, -0.1) is 0 Å². The number of fused-ring (bicyclic) bond motifs is 1. The molecule has 0 fully saturated rings. The van der Waals surface area contributed by atoms with Gasteiger partial charge in [0.15, 0.2) is 0 Å². The summed E-state index contributed by atoms with van der Waals surface area (Å²) in [4.78, 5) is 31.6. The standard InChI is InChI=1S/C19H15N3O13S3.3Na.3H/c1-9(23)20-15-5-4-12-14(7-11(36(27,28)29)8-17(12)38(33,34)35)18(15)21-19(24)13-3-2-10(22(25)26)6-16(13)37(30,31)32;;;;;;/h2-8H,1H3,(H,20,23)(H,21,24)(H,27,28,29)(H,30,31,32)(H,33,34,35);;;;;;/q;3*+1;3*-1. The van der Waals surface area contributed by atoms with Gasteiger partial charge in [0.25, 0.3) is 41.9 Å². The van der Waals surface area contributed by atoms with Crippen LogP contribution in [-0.4, -0.2) is 55.6 Å². The average Bonchev–Trinajstić information content (AvgIpc) is 2.77. The Hall–Kier alpha value is -1.01. The number of benzene rings is 3. The van der Waals surface area contributed by atoms with Gasteiger partial charge in [0.05, 0.1) is 26.8 Å². The Labute approximate surface area is 303 Å². The zero-order valence-corrected chi connectivity index (χ0v) is 30.1. The normalized spacial score (nSPS) is 11.3. The van der Waals surface area contributed by atoms with Gasteiger partial charge >= 0.3 is 88.7 Å². The van der Waals surface area contributed by atoms with E-state index in [1.165, 1.54) is 0 Å². The average molecular weight is 662 g/mol. The number of hydrogen-bond donors (Lipinski definition) is 5. The molecule has 0 aliphatic carbocycles. The van der Waals surface area contributed by atoms with E-state index in [2.05, 4.69) is 10.6 Å². The predicted octanol–water partition coefficient (Wildman–Crippen LogP) is -6.95. The van der Waals surface area contributed by atoms with Crippen LogP contribution in [0.1, 0.15) is 21.6 Å². The number of amides is 2. The molecule has 0 saturated carbocycles. The van der Waals surface area contributed by atoms with Crippen LogP contribution < -0.4 is 99.3 Å². The minimum absolute atomic E-state index is 0. The molecule has 22 heteroatoms. The summed E-state index contributed by atoms with van der Waals surface area (Å²) in [6.07, 6.45) is 0. The van der Waals surface area contributed by atoms with Crippen molar-refractivity contribution in [1.82, 2.24) is 0 Å². The number of nitro benzene ring substituents is 1. The zero-order valence-electron chi connectivity index (χ0n) is 24.6. The van der Waals surface area contributed by atoms with E-state index in [1.54, 1.807) is 0 Å². The van der Waals surface area contributed by atoms with Gasteiger partial charge in [-0.05, 0) is 24.3 Å². The van der Waals surface area contributed by atoms with Crippen LogP contribution in [0.15, 0.2) is 57.2 Å². The number of nitro groups is 1. The van der Waals surface area contributed by atoms with E-state index < -0.39 is 89.5 Å². The fraction of sp³-hybridized carbons (Fsp3) is 0.0526. The molecule has 0 saturated heterocycles. The van der Waals surface area contributed by atoms with Gasteiger partial charge in [-0.2, -0.15) is 25.3 Å². The molecule has 2 amide bonds. The monoisotopic (exact) mass is 661 g/mol. The molecule has 208 valence electrons. The molecule has 3 aromatic rings. The summed E-state index contributed by atoms with van der Waals surface area (Å²) >= 11 is 0. The van der Waals surface area contributed by atoms with Crippen LogP contribution in [0.4, 0.5) is 17.1 Å². The molecule has 41 heavy (non-hydrogen) atoms. The van der Waals surface area contributed by atoms with Crippen LogP contribution in [0.3, 0.4) is 0 Å². The molecule has 0 radical (unpaired) electrons. The Balaban J connectivity index is -0.00000133. The first-order valence-corrected chi connectivity index (χ1v) is 14.0. The van der Waals surface area contributed by atoms with E-state index in [0.717, 1.165) is 25.1 Å².